The Kier molecular flexibility index (Phi) is 13.0. The van der Waals surface area contributed by atoms with Gasteiger partial charge in [0.15, 0.2) is 24.1 Å². The number of carbonyl (C=O) groups excluding carboxylic acids is 4. The number of likely N-dealkylation sites (N-methyl/N-ethyl adjacent to an activating group) is 1. The van der Waals surface area contributed by atoms with Crippen LogP contribution in [-0.4, -0.2) is 163 Å². The van der Waals surface area contributed by atoms with Crippen LogP contribution in [0.1, 0.15) is 91.9 Å². The maximum Gasteiger partial charge on any atom is 0.325 e. The van der Waals surface area contributed by atoms with Crippen molar-refractivity contribution in [1.82, 2.24) is 16.0 Å². The number of aliphatic hydroxyl groups excluding tert-OH is 5. The molecule has 65 heavy (non-hydrogen) atoms. The van der Waals surface area contributed by atoms with Crippen molar-refractivity contribution in [2.24, 2.45) is 0 Å². The topological polar surface area (TPSA) is 350 Å². The van der Waals surface area contributed by atoms with Crippen molar-refractivity contribution in [3.63, 3.8) is 0 Å². The van der Waals surface area contributed by atoms with Gasteiger partial charge in [0.1, 0.15) is 77.8 Å². The summed E-state index contributed by atoms with van der Waals surface area (Å²) < 4.78 is 29.0. The van der Waals surface area contributed by atoms with Crippen molar-refractivity contribution < 1.29 is 93.6 Å². The summed E-state index contributed by atoms with van der Waals surface area (Å²) in [5.41, 5.74) is -3.56. The van der Waals surface area contributed by atoms with Crippen LogP contribution in [0.15, 0.2) is 24.3 Å². The van der Waals surface area contributed by atoms with Gasteiger partial charge >= 0.3 is 5.97 Å². The maximum atomic E-state index is 14.2. The normalized spacial score (nSPS) is 29.1. The minimum Gasteiger partial charge on any atom is -0.507 e. The summed E-state index contributed by atoms with van der Waals surface area (Å²) in [6.07, 6.45) is -15.7. The first-order chi connectivity index (χ1) is 30.6. The van der Waals surface area contributed by atoms with Crippen LogP contribution in [0.3, 0.4) is 0 Å². The summed E-state index contributed by atoms with van der Waals surface area (Å²) in [6.45, 7) is 5.00. The van der Waals surface area contributed by atoms with Gasteiger partial charge in [-0.2, -0.15) is 0 Å². The van der Waals surface area contributed by atoms with Crippen LogP contribution in [0.5, 0.6) is 23.0 Å². The van der Waals surface area contributed by atoms with Crippen LogP contribution < -0.4 is 20.7 Å². The molecule has 13 atom stereocenters. The Labute approximate surface area is 369 Å². The monoisotopic (exact) mass is 911 g/mol. The lowest BCUT2D eigenvalue weighted by Crippen LogP contribution is -2.65. The molecule has 2 aliphatic heterocycles. The number of ketones is 2. The van der Waals surface area contributed by atoms with E-state index >= 15 is 0 Å². The van der Waals surface area contributed by atoms with E-state index in [1.807, 2.05) is 0 Å². The lowest BCUT2D eigenvalue weighted by molar-refractivity contribution is -0.339. The highest BCUT2D eigenvalue weighted by Crippen LogP contribution is 2.57. The molecule has 3 aromatic carbocycles. The number of aromatic hydroxyl groups is 3. The molecule has 2 heterocycles. The Morgan fingerprint density at radius 1 is 0.785 bits per heavy atom. The zero-order valence-electron chi connectivity index (χ0n) is 35.6. The number of methoxy groups -OCH3 is 1. The van der Waals surface area contributed by atoms with Gasteiger partial charge < -0.3 is 85.6 Å². The van der Waals surface area contributed by atoms with Crippen molar-refractivity contribution in [2.75, 3.05) is 20.8 Å². The molecule has 0 aromatic heterocycles. The number of aliphatic carboxylic acids is 1. The van der Waals surface area contributed by atoms with Crippen molar-refractivity contribution in [3.8, 4) is 34.1 Å². The Hall–Kier alpha value is -5.79. The fourth-order valence-electron chi connectivity index (χ4n) is 8.70. The summed E-state index contributed by atoms with van der Waals surface area (Å²) >= 11 is 0. The van der Waals surface area contributed by atoms with E-state index in [4.69, 9.17) is 23.7 Å². The molecule has 2 aliphatic carbocycles. The van der Waals surface area contributed by atoms with Gasteiger partial charge in [-0.1, -0.05) is 6.07 Å². The minimum atomic E-state index is -1.92. The number of hydrogen-bond donors (Lipinski definition) is 12. The predicted octanol–water partition coefficient (Wildman–Crippen LogP) is -1.11. The summed E-state index contributed by atoms with van der Waals surface area (Å²) in [6, 6.07) is 1.12. The second-order valence-corrected chi connectivity index (χ2v) is 16.4. The van der Waals surface area contributed by atoms with E-state index in [-0.39, 0.29) is 28.0 Å². The molecular formula is C43H49N3O19. The van der Waals surface area contributed by atoms with E-state index in [2.05, 4.69) is 16.0 Å². The number of phenolic OH excluding ortho intramolecular Hbond substituents is 3. The van der Waals surface area contributed by atoms with Gasteiger partial charge in [0.2, 0.25) is 5.91 Å². The van der Waals surface area contributed by atoms with Crippen LogP contribution in [0, 0.1) is 6.92 Å². The Morgan fingerprint density at radius 3 is 2.08 bits per heavy atom. The second kappa shape index (κ2) is 17.9. The standard InChI is InChI=1S/C43H49N3O19/c1-12-7-20-26(33(53)23(12)40(58)45-13(2)39(57)46-14(3)41(59)60)25-18(10-19-27(34(25)54)30(50)17-8-16(61-6)9-21(47)24(17)29(19)49)31(51)37(20)64-43-36(56)38(28(44-5)15(4)63-43)65-42-35(55)32(52)22(48)11-62-42/h7-10,13-15,22,28,31-32,35-38,42-44,47-48,51-56H,11H2,1-6H3,(H,45,58)(H,46,57)(H,59,60)/t13-,14-,15-,22-,28+,31+,32+,35-,36-,37+,38+,42+,43+/m1/s1. The molecule has 0 spiro atoms. The quantitative estimate of drug-likeness (QED) is 0.0849. The number of nitrogens with one attached hydrogen (secondary N) is 3. The van der Waals surface area contributed by atoms with E-state index in [0.29, 0.717) is 0 Å². The van der Waals surface area contributed by atoms with Gasteiger partial charge in [0.25, 0.3) is 5.91 Å². The number of carbonyl (C=O) groups is 5. The first-order valence-corrected chi connectivity index (χ1v) is 20.4. The number of phenols is 3. The van der Waals surface area contributed by atoms with E-state index in [1.165, 1.54) is 47.1 Å². The van der Waals surface area contributed by atoms with Gasteiger partial charge in [-0.05, 0) is 63.6 Å². The zero-order chi connectivity index (χ0) is 47.7. The zero-order valence-corrected chi connectivity index (χ0v) is 35.6. The fourth-order valence-corrected chi connectivity index (χ4v) is 8.70. The largest absolute Gasteiger partial charge is 0.507 e. The number of carboxylic acids is 1. The Balaban J connectivity index is 1.35. The Bertz CT molecular complexity index is 2460. The summed E-state index contributed by atoms with van der Waals surface area (Å²) in [5, 5.41) is 107. The van der Waals surface area contributed by atoms with Gasteiger partial charge in [0, 0.05) is 28.3 Å². The van der Waals surface area contributed by atoms with Gasteiger partial charge in [-0.3, -0.25) is 24.0 Å². The number of carboxylic acid groups (broad SMARTS) is 1. The number of ether oxygens (including phenoxy) is 5. The number of hydrogen-bond acceptors (Lipinski definition) is 19. The van der Waals surface area contributed by atoms with E-state index in [9.17, 15) is 69.9 Å². The van der Waals surface area contributed by atoms with Crippen molar-refractivity contribution in [1.29, 1.82) is 0 Å². The lowest BCUT2D eigenvalue weighted by atomic mass is 9.74. The van der Waals surface area contributed by atoms with E-state index < -0.39 is 166 Å². The molecule has 7 rings (SSSR count). The summed E-state index contributed by atoms with van der Waals surface area (Å²) in [5.74, 6) is -7.59. The molecule has 22 heteroatoms. The molecule has 0 bridgehead atoms. The third-order valence-electron chi connectivity index (χ3n) is 12.2. The van der Waals surface area contributed by atoms with Crippen LogP contribution in [0.2, 0.25) is 0 Å². The molecule has 4 aliphatic rings. The highest BCUT2D eigenvalue weighted by molar-refractivity contribution is 6.31. The SMILES string of the molecule is CN[C@@H]1[C@H](O[C@@H]2OC[C@@H](O)[C@H](O)[C@H]2O)[C@@H](O)[C@H](O[C@H]2c3cc(C)c(C(=O)N[C@H](C)C(=O)N[C@H](C)C(=O)O)c(O)c3-c3c(cc4c(c3O)C(=O)c3cc(OC)cc(O)c3C4=O)[C@@H]2O)O[C@@H]1C. The van der Waals surface area contributed by atoms with Gasteiger partial charge in [0.05, 0.1) is 42.6 Å². The van der Waals surface area contributed by atoms with Crippen molar-refractivity contribution in [3.05, 3.63) is 68.8 Å². The number of aryl methyl sites for hydroxylation is 1. The fraction of sp³-hybridized carbons (Fsp3) is 0.465. The molecule has 350 valence electrons. The van der Waals surface area contributed by atoms with Crippen LogP contribution >= 0.6 is 0 Å². The van der Waals surface area contributed by atoms with Crippen LogP contribution in [0.25, 0.3) is 11.1 Å². The average molecular weight is 912 g/mol. The molecule has 2 saturated heterocycles. The second-order valence-electron chi connectivity index (χ2n) is 16.4. The van der Waals surface area contributed by atoms with Crippen molar-refractivity contribution in [2.45, 2.75) is 107 Å². The smallest absolute Gasteiger partial charge is 0.325 e. The molecule has 0 radical (unpaired) electrons. The highest BCUT2D eigenvalue weighted by Gasteiger charge is 2.51. The minimum absolute atomic E-state index is 0.00195. The highest BCUT2D eigenvalue weighted by atomic mass is 16.7. The van der Waals surface area contributed by atoms with Gasteiger partial charge in [-0.15, -0.1) is 0 Å². The molecule has 3 aromatic rings. The molecule has 0 unspecified atom stereocenters. The number of rotatable bonds is 11. The first kappa shape index (κ1) is 47.2. The van der Waals surface area contributed by atoms with Gasteiger partial charge in [-0.25, -0.2) is 0 Å². The van der Waals surface area contributed by atoms with E-state index in [0.717, 1.165) is 12.1 Å². The molecule has 0 saturated carbocycles. The summed E-state index contributed by atoms with van der Waals surface area (Å²) in [4.78, 5) is 66.4. The third kappa shape index (κ3) is 8.04. The Morgan fingerprint density at radius 2 is 1.43 bits per heavy atom. The third-order valence-corrected chi connectivity index (χ3v) is 12.2. The number of fused-ring (bicyclic) bond motifs is 5. The molecule has 2 amide bonds. The van der Waals surface area contributed by atoms with Crippen molar-refractivity contribution >= 4 is 29.4 Å². The molecular weight excluding hydrogens is 862 g/mol. The number of aliphatic hydroxyl groups is 5. The first-order valence-electron chi connectivity index (χ1n) is 20.4. The predicted molar refractivity (Wildman–Crippen MR) is 218 cm³/mol. The molecule has 22 nitrogen and oxygen atoms in total. The molecule has 12 N–H and O–H groups in total. The molecule has 2 fully saturated rings. The number of amides is 2. The van der Waals surface area contributed by atoms with Crippen LogP contribution in [0.4, 0.5) is 0 Å². The number of benzene rings is 3. The van der Waals surface area contributed by atoms with Crippen LogP contribution in [-0.2, 0) is 28.5 Å². The van der Waals surface area contributed by atoms with E-state index in [1.54, 1.807) is 6.92 Å². The maximum absolute atomic E-state index is 14.2. The lowest BCUT2D eigenvalue weighted by Gasteiger charge is -2.47. The summed E-state index contributed by atoms with van der Waals surface area (Å²) in [7, 11) is 2.79. The average Bonchev–Trinajstić information content (AvgIpc) is 3.25.